The highest BCUT2D eigenvalue weighted by Crippen LogP contribution is 2.24. The van der Waals surface area contributed by atoms with E-state index in [1.165, 1.54) is 24.2 Å². The number of nitrogens with one attached hydrogen (secondary N) is 1. The number of hydrogen-bond donors (Lipinski definition) is 1. The zero-order valence-electron chi connectivity index (χ0n) is 12.4. The molecule has 1 aliphatic rings. The lowest BCUT2D eigenvalue weighted by Crippen LogP contribution is -2.32. The number of sulfonamides is 1. The molecule has 1 N–H and O–H groups in total. The van der Waals surface area contributed by atoms with Gasteiger partial charge in [-0.1, -0.05) is 13.0 Å². The molecule has 0 atom stereocenters. The summed E-state index contributed by atoms with van der Waals surface area (Å²) in [6.07, 6.45) is 4.11. The van der Waals surface area contributed by atoms with Crippen molar-refractivity contribution >= 4 is 32.9 Å². The van der Waals surface area contributed by atoms with Gasteiger partial charge in [-0.25, -0.2) is 13.4 Å². The quantitative estimate of drug-likeness (QED) is 0.931. The highest BCUT2D eigenvalue weighted by Gasteiger charge is 2.18. The molecule has 0 unspecified atom stereocenters. The Labute approximate surface area is 135 Å². The number of anilines is 2. The van der Waals surface area contributed by atoms with Crippen molar-refractivity contribution in [2.45, 2.75) is 24.0 Å². The lowest BCUT2D eigenvalue weighted by atomic mass is 9.99. The SMILES string of the molecule is CC1CCN(c2ccc(NS(=O)(=O)c3cccs3)nc2)CC1. The van der Waals surface area contributed by atoms with Crippen molar-refractivity contribution in [3.8, 4) is 0 Å². The fourth-order valence-electron chi connectivity index (χ4n) is 2.50. The molecule has 1 aliphatic heterocycles. The predicted molar refractivity (Wildman–Crippen MR) is 90.0 cm³/mol. The highest BCUT2D eigenvalue weighted by atomic mass is 32.2. The molecule has 3 rings (SSSR count). The summed E-state index contributed by atoms with van der Waals surface area (Å²) in [5.74, 6) is 1.13. The van der Waals surface area contributed by atoms with Crippen LogP contribution < -0.4 is 9.62 Å². The van der Waals surface area contributed by atoms with Crippen molar-refractivity contribution in [2.75, 3.05) is 22.7 Å². The van der Waals surface area contributed by atoms with Crippen molar-refractivity contribution in [3.63, 3.8) is 0 Å². The van der Waals surface area contributed by atoms with Gasteiger partial charge in [0.2, 0.25) is 0 Å². The molecule has 5 nitrogen and oxygen atoms in total. The van der Waals surface area contributed by atoms with Gasteiger partial charge in [0.15, 0.2) is 0 Å². The minimum atomic E-state index is -3.52. The van der Waals surface area contributed by atoms with Crippen LogP contribution in [0.15, 0.2) is 40.1 Å². The minimum Gasteiger partial charge on any atom is -0.370 e. The molecule has 0 spiro atoms. The van der Waals surface area contributed by atoms with Crippen molar-refractivity contribution in [1.82, 2.24) is 4.98 Å². The zero-order valence-corrected chi connectivity index (χ0v) is 14.0. The lowest BCUT2D eigenvalue weighted by molar-refractivity contribution is 0.438. The second-order valence-electron chi connectivity index (χ2n) is 5.61. The van der Waals surface area contributed by atoms with Gasteiger partial charge in [0.25, 0.3) is 10.0 Å². The highest BCUT2D eigenvalue weighted by molar-refractivity contribution is 7.94. The molecule has 1 fully saturated rings. The average Bonchev–Trinajstić information content (AvgIpc) is 3.04. The Bertz CT molecular complexity index is 704. The molecule has 0 amide bonds. The molecule has 0 bridgehead atoms. The standard InChI is InChI=1S/C15H19N3O2S2/c1-12-6-8-18(9-7-12)13-4-5-14(16-11-13)17-22(19,20)15-3-2-10-21-15/h2-5,10-12H,6-9H2,1H3,(H,16,17). The Morgan fingerprint density at radius 3 is 2.64 bits per heavy atom. The maximum atomic E-state index is 12.1. The van der Waals surface area contributed by atoms with E-state index in [0.717, 1.165) is 24.7 Å². The first-order valence-electron chi connectivity index (χ1n) is 7.32. The Morgan fingerprint density at radius 1 is 1.27 bits per heavy atom. The molecule has 2 aromatic rings. The number of nitrogens with zero attached hydrogens (tertiary/aromatic N) is 2. The van der Waals surface area contributed by atoms with E-state index >= 15 is 0 Å². The van der Waals surface area contributed by atoms with Crippen LogP contribution >= 0.6 is 11.3 Å². The van der Waals surface area contributed by atoms with Crippen LogP contribution in [0.1, 0.15) is 19.8 Å². The maximum Gasteiger partial charge on any atom is 0.272 e. The van der Waals surface area contributed by atoms with Gasteiger partial charge in [0, 0.05) is 13.1 Å². The molecule has 0 aromatic carbocycles. The van der Waals surface area contributed by atoms with E-state index in [0.29, 0.717) is 10.0 Å². The molecule has 118 valence electrons. The predicted octanol–water partition coefficient (Wildman–Crippen LogP) is 3.18. The first-order valence-corrected chi connectivity index (χ1v) is 9.68. The monoisotopic (exact) mass is 337 g/mol. The molecule has 3 heterocycles. The van der Waals surface area contributed by atoms with Crippen LogP contribution in [-0.4, -0.2) is 26.5 Å². The third-order valence-electron chi connectivity index (χ3n) is 3.90. The van der Waals surface area contributed by atoms with Crippen molar-refractivity contribution in [1.29, 1.82) is 0 Å². The number of aromatic nitrogens is 1. The summed E-state index contributed by atoms with van der Waals surface area (Å²) in [5.41, 5.74) is 1.05. The smallest absolute Gasteiger partial charge is 0.272 e. The van der Waals surface area contributed by atoms with Gasteiger partial charge in [0.05, 0.1) is 11.9 Å². The summed E-state index contributed by atoms with van der Waals surface area (Å²) in [4.78, 5) is 6.54. The molecule has 7 heteroatoms. The van der Waals surface area contributed by atoms with E-state index in [4.69, 9.17) is 0 Å². The Morgan fingerprint density at radius 2 is 2.05 bits per heavy atom. The Balaban J connectivity index is 1.70. The summed E-state index contributed by atoms with van der Waals surface area (Å²) in [7, 11) is -3.52. The molecule has 0 saturated carbocycles. The van der Waals surface area contributed by atoms with Crippen LogP contribution in [0.5, 0.6) is 0 Å². The maximum absolute atomic E-state index is 12.1. The molecular weight excluding hydrogens is 318 g/mol. The number of piperidine rings is 1. The van der Waals surface area contributed by atoms with Crippen LogP contribution in [0.25, 0.3) is 0 Å². The normalized spacial score (nSPS) is 16.7. The zero-order chi connectivity index (χ0) is 15.6. The topological polar surface area (TPSA) is 62.3 Å². The molecule has 22 heavy (non-hydrogen) atoms. The molecule has 1 saturated heterocycles. The van der Waals surface area contributed by atoms with Crippen LogP contribution in [0, 0.1) is 5.92 Å². The van der Waals surface area contributed by atoms with E-state index in [2.05, 4.69) is 21.5 Å². The van der Waals surface area contributed by atoms with Gasteiger partial charge in [0.1, 0.15) is 10.0 Å². The van der Waals surface area contributed by atoms with Gasteiger partial charge >= 0.3 is 0 Å². The van der Waals surface area contributed by atoms with E-state index in [1.54, 1.807) is 29.8 Å². The van der Waals surface area contributed by atoms with Gasteiger partial charge in [-0.15, -0.1) is 11.3 Å². The van der Waals surface area contributed by atoms with E-state index in [1.807, 2.05) is 6.07 Å². The summed E-state index contributed by atoms with van der Waals surface area (Å²) < 4.78 is 27.1. The second-order valence-corrected chi connectivity index (χ2v) is 8.47. The molecule has 2 aromatic heterocycles. The third kappa shape index (κ3) is 3.41. The van der Waals surface area contributed by atoms with Crippen LogP contribution in [0.2, 0.25) is 0 Å². The number of hydrogen-bond acceptors (Lipinski definition) is 5. The van der Waals surface area contributed by atoms with Crippen molar-refractivity contribution in [3.05, 3.63) is 35.8 Å². The number of pyridine rings is 1. The Kier molecular flexibility index (Phi) is 4.35. The van der Waals surface area contributed by atoms with Gasteiger partial charge < -0.3 is 4.90 Å². The fraction of sp³-hybridized carbons (Fsp3) is 0.400. The number of thiophene rings is 1. The summed E-state index contributed by atoms with van der Waals surface area (Å²) in [5, 5.41) is 1.74. The van der Waals surface area contributed by atoms with E-state index < -0.39 is 10.0 Å². The second kappa shape index (κ2) is 6.26. The van der Waals surface area contributed by atoms with E-state index in [9.17, 15) is 8.42 Å². The van der Waals surface area contributed by atoms with Crippen molar-refractivity contribution < 1.29 is 8.42 Å². The molecular formula is C15H19N3O2S2. The van der Waals surface area contributed by atoms with Gasteiger partial charge in [-0.3, -0.25) is 4.72 Å². The molecule has 0 radical (unpaired) electrons. The summed E-state index contributed by atoms with van der Waals surface area (Å²) in [6.45, 7) is 4.34. The molecule has 0 aliphatic carbocycles. The Hall–Kier alpha value is -1.60. The first kappa shape index (κ1) is 15.3. The summed E-state index contributed by atoms with van der Waals surface area (Å²) in [6, 6.07) is 6.94. The number of rotatable bonds is 4. The first-order chi connectivity index (χ1) is 10.5. The van der Waals surface area contributed by atoms with Crippen LogP contribution in [0.4, 0.5) is 11.5 Å². The third-order valence-corrected chi connectivity index (χ3v) is 6.65. The van der Waals surface area contributed by atoms with Crippen LogP contribution in [0.3, 0.4) is 0 Å². The van der Waals surface area contributed by atoms with Gasteiger partial charge in [-0.2, -0.15) is 0 Å². The van der Waals surface area contributed by atoms with Gasteiger partial charge in [-0.05, 0) is 42.3 Å². The average molecular weight is 337 g/mol. The fourth-order valence-corrected chi connectivity index (χ4v) is 4.51. The largest absolute Gasteiger partial charge is 0.370 e. The van der Waals surface area contributed by atoms with E-state index in [-0.39, 0.29) is 0 Å². The summed E-state index contributed by atoms with van der Waals surface area (Å²) >= 11 is 1.19. The minimum absolute atomic E-state index is 0.295. The van der Waals surface area contributed by atoms with Crippen molar-refractivity contribution in [2.24, 2.45) is 5.92 Å². The van der Waals surface area contributed by atoms with Crippen LogP contribution in [-0.2, 0) is 10.0 Å². The lowest BCUT2D eigenvalue weighted by Gasteiger charge is -2.31.